The Bertz CT molecular complexity index is 1300. The fourth-order valence-electron chi connectivity index (χ4n) is 3.55. The van der Waals surface area contributed by atoms with Crippen LogP contribution in [-0.4, -0.2) is 33.1 Å². The van der Waals surface area contributed by atoms with Crippen molar-refractivity contribution in [2.75, 3.05) is 22.5 Å². The van der Waals surface area contributed by atoms with E-state index in [9.17, 15) is 28.0 Å². The third kappa shape index (κ3) is 4.40. The summed E-state index contributed by atoms with van der Waals surface area (Å²) in [5.41, 5.74) is 4.37. The highest BCUT2D eigenvalue weighted by molar-refractivity contribution is 7.59. The third-order valence-corrected chi connectivity index (χ3v) is 5.14. The van der Waals surface area contributed by atoms with Gasteiger partial charge in [-0.3, -0.25) is 14.3 Å². The van der Waals surface area contributed by atoms with Crippen molar-refractivity contribution in [3.05, 3.63) is 65.1 Å². The summed E-state index contributed by atoms with van der Waals surface area (Å²) in [5.74, 6) is -0.889. The third-order valence-electron chi connectivity index (χ3n) is 5.14. The van der Waals surface area contributed by atoms with Crippen LogP contribution in [0.15, 0.2) is 42.7 Å². The summed E-state index contributed by atoms with van der Waals surface area (Å²) < 4.78 is 40.9. The van der Waals surface area contributed by atoms with Gasteiger partial charge >= 0.3 is 6.18 Å². The smallest absolute Gasteiger partial charge is 0.384 e. The normalized spacial score (nSPS) is 15.2. The summed E-state index contributed by atoms with van der Waals surface area (Å²) in [5, 5.41) is 16.0. The second-order valence-electron chi connectivity index (χ2n) is 7.38. The van der Waals surface area contributed by atoms with Crippen LogP contribution in [0.25, 0.3) is 0 Å². The van der Waals surface area contributed by atoms with Gasteiger partial charge in [-0.1, -0.05) is 0 Å². The van der Waals surface area contributed by atoms with E-state index in [0.29, 0.717) is 0 Å². The first kappa shape index (κ1) is 24.6. The number of nitrogens with zero attached hydrogens (tertiary/aromatic N) is 5. The number of nitrogens with one attached hydrogen (secondary N) is 1. The first-order valence-corrected chi connectivity index (χ1v) is 9.63. The molecule has 9 nitrogen and oxygen atoms in total. The lowest BCUT2D eigenvalue weighted by molar-refractivity contribution is -0.137. The molecule has 0 radical (unpaired) electrons. The molecule has 3 N–H and O–H groups in total. The molecular weight excluding hydrogens is 471 g/mol. The minimum atomic E-state index is -4.70. The zero-order valence-electron chi connectivity index (χ0n) is 17.6. The van der Waals surface area contributed by atoms with Crippen LogP contribution >= 0.6 is 13.5 Å². The number of rotatable bonds is 3. The van der Waals surface area contributed by atoms with Gasteiger partial charge in [0.2, 0.25) is 0 Å². The molecule has 0 aliphatic carbocycles. The van der Waals surface area contributed by atoms with Gasteiger partial charge in [-0.05, 0) is 37.3 Å². The first-order valence-electron chi connectivity index (χ1n) is 9.63. The highest BCUT2D eigenvalue weighted by atomic mass is 32.1. The molecule has 0 saturated heterocycles. The maximum atomic E-state index is 13.3. The number of carbonyl (C=O) groups excluding carboxylic acids is 2. The number of amides is 2. The Kier molecular flexibility index (Phi) is 6.56. The summed E-state index contributed by atoms with van der Waals surface area (Å²) >= 11 is 0. The molecule has 176 valence electrons. The Labute approximate surface area is 198 Å². The van der Waals surface area contributed by atoms with E-state index >= 15 is 0 Å². The Balaban J connectivity index is 0.00000324. The van der Waals surface area contributed by atoms with E-state index in [1.807, 2.05) is 0 Å². The number of halogens is 3. The van der Waals surface area contributed by atoms with Gasteiger partial charge in [0.15, 0.2) is 5.69 Å². The molecule has 1 aliphatic rings. The Morgan fingerprint density at radius 1 is 1.26 bits per heavy atom. The molecule has 34 heavy (non-hydrogen) atoms. The minimum Gasteiger partial charge on any atom is -0.384 e. The van der Waals surface area contributed by atoms with Gasteiger partial charge in [-0.2, -0.15) is 37.0 Å². The topological polar surface area (TPSA) is 130 Å². The molecule has 0 bridgehead atoms. The monoisotopic (exact) mass is 489 g/mol. The predicted octanol–water partition coefficient (Wildman–Crippen LogP) is 3.34. The van der Waals surface area contributed by atoms with E-state index in [2.05, 4.69) is 15.4 Å². The number of benzene rings is 1. The molecule has 0 fully saturated rings. The summed E-state index contributed by atoms with van der Waals surface area (Å²) in [6.07, 6.45) is -2.10. The molecule has 0 saturated carbocycles. The van der Waals surface area contributed by atoms with Crippen molar-refractivity contribution in [1.29, 1.82) is 5.26 Å². The van der Waals surface area contributed by atoms with E-state index in [-0.39, 0.29) is 54.5 Å². The standard InChI is InChI=1S/C21H16F3N7O2.H2S/c1-11-10-30(14-3-4-15(21(22,23)24)13(6-14)7-25)20(33)18-16(9-28-31(11)18)29-19(32)12-2-5-17(26)27-8-12;/h2-6,8-9,11H,10H2,1H3,(H2,26,27)(H,29,32);1H2/t11-;/m0./s1. The van der Waals surface area contributed by atoms with Crippen LogP contribution in [0.3, 0.4) is 0 Å². The van der Waals surface area contributed by atoms with Crippen LogP contribution in [-0.2, 0) is 6.18 Å². The van der Waals surface area contributed by atoms with Gasteiger partial charge in [0.1, 0.15) is 5.82 Å². The fourth-order valence-corrected chi connectivity index (χ4v) is 3.55. The maximum Gasteiger partial charge on any atom is 0.417 e. The van der Waals surface area contributed by atoms with Crippen LogP contribution in [0.2, 0.25) is 0 Å². The zero-order chi connectivity index (χ0) is 23.9. The van der Waals surface area contributed by atoms with E-state index in [0.717, 1.165) is 18.2 Å². The summed E-state index contributed by atoms with van der Waals surface area (Å²) in [6, 6.07) is 7.04. The molecule has 2 amide bonds. The van der Waals surface area contributed by atoms with Crippen LogP contribution < -0.4 is 16.0 Å². The first-order chi connectivity index (χ1) is 15.6. The average molecular weight is 489 g/mol. The second-order valence-corrected chi connectivity index (χ2v) is 7.38. The molecule has 3 heterocycles. The number of fused-ring (bicyclic) bond motifs is 1. The van der Waals surface area contributed by atoms with Crippen molar-refractivity contribution in [3.8, 4) is 6.07 Å². The molecule has 1 aliphatic heterocycles. The number of carbonyl (C=O) groups is 2. The van der Waals surface area contributed by atoms with Gasteiger partial charge < -0.3 is 16.0 Å². The van der Waals surface area contributed by atoms with Crippen LogP contribution in [0, 0.1) is 11.3 Å². The highest BCUT2D eigenvalue weighted by Crippen LogP contribution is 2.36. The van der Waals surface area contributed by atoms with Gasteiger partial charge in [0.05, 0.1) is 40.7 Å². The lowest BCUT2D eigenvalue weighted by Crippen LogP contribution is -2.43. The average Bonchev–Trinajstić information content (AvgIpc) is 3.20. The van der Waals surface area contributed by atoms with Crippen molar-refractivity contribution in [2.24, 2.45) is 0 Å². The Hall–Kier alpha value is -4.05. The largest absolute Gasteiger partial charge is 0.417 e. The van der Waals surface area contributed by atoms with E-state index < -0.39 is 29.1 Å². The minimum absolute atomic E-state index is 0. The number of anilines is 3. The number of pyridine rings is 1. The quantitative estimate of drug-likeness (QED) is 0.580. The molecule has 4 rings (SSSR count). The summed E-state index contributed by atoms with van der Waals surface area (Å²) in [4.78, 5) is 30.9. The van der Waals surface area contributed by atoms with Gasteiger partial charge in [-0.15, -0.1) is 0 Å². The Morgan fingerprint density at radius 3 is 2.62 bits per heavy atom. The maximum absolute atomic E-state index is 13.3. The zero-order valence-corrected chi connectivity index (χ0v) is 18.6. The number of nitrogens with two attached hydrogens (primary N) is 1. The molecule has 0 unspecified atom stereocenters. The van der Waals surface area contributed by atoms with Crippen LogP contribution in [0.1, 0.15) is 44.9 Å². The molecular formula is C21H18F3N7O2S. The Morgan fingerprint density at radius 2 is 2.00 bits per heavy atom. The van der Waals surface area contributed by atoms with E-state index in [4.69, 9.17) is 5.73 Å². The number of nitrogen functional groups attached to an aromatic ring is 1. The number of hydrogen-bond acceptors (Lipinski definition) is 6. The predicted molar refractivity (Wildman–Crippen MR) is 122 cm³/mol. The molecule has 1 atom stereocenters. The fraction of sp³-hybridized carbons (Fsp3) is 0.190. The van der Waals surface area contributed by atoms with Gasteiger partial charge in [0.25, 0.3) is 11.8 Å². The summed E-state index contributed by atoms with van der Waals surface area (Å²) in [6.45, 7) is 1.87. The van der Waals surface area contributed by atoms with Gasteiger partial charge in [0, 0.05) is 18.4 Å². The van der Waals surface area contributed by atoms with Crippen molar-refractivity contribution in [3.63, 3.8) is 0 Å². The SMILES string of the molecule is C[C@H]1CN(c2ccc(C(F)(F)F)c(C#N)c2)C(=O)c2c(NC(=O)c3ccc(N)nc3)cnn21.S. The van der Waals surface area contributed by atoms with Gasteiger partial charge in [-0.25, -0.2) is 4.98 Å². The van der Waals surface area contributed by atoms with Crippen molar-refractivity contribution < 1.29 is 22.8 Å². The lowest BCUT2D eigenvalue weighted by atomic mass is 10.1. The van der Waals surface area contributed by atoms with Crippen molar-refractivity contribution >= 4 is 42.5 Å². The number of aromatic nitrogens is 3. The number of nitriles is 1. The van der Waals surface area contributed by atoms with Crippen molar-refractivity contribution in [2.45, 2.75) is 19.1 Å². The number of alkyl halides is 3. The van der Waals surface area contributed by atoms with Crippen molar-refractivity contribution in [1.82, 2.24) is 14.8 Å². The van der Waals surface area contributed by atoms with Crippen LogP contribution in [0.5, 0.6) is 0 Å². The molecule has 1 aromatic carbocycles. The van der Waals surface area contributed by atoms with E-state index in [1.165, 1.54) is 40.2 Å². The van der Waals surface area contributed by atoms with Crippen LogP contribution in [0.4, 0.5) is 30.4 Å². The lowest BCUT2D eigenvalue weighted by Gasteiger charge is -2.32. The molecule has 3 aromatic rings. The van der Waals surface area contributed by atoms with E-state index in [1.54, 1.807) is 6.92 Å². The highest BCUT2D eigenvalue weighted by Gasteiger charge is 2.37. The molecule has 2 aromatic heterocycles. The summed E-state index contributed by atoms with van der Waals surface area (Å²) in [7, 11) is 0. The second kappa shape index (κ2) is 9.06. The molecule has 13 heteroatoms. The molecule has 0 spiro atoms. The number of hydrogen-bond donors (Lipinski definition) is 2.